The van der Waals surface area contributed by atoms with E-state index in [1.165, 1.54) is 11.3 Å². The molecule has 3 aromatic carbocycles. The standard InChI is InChI=1S/C29H34N4O2S/c1-22(2)21-35-27-14-8-24(9-15-27)28(34)31-29(36)30-25-10-12-26(13-11-25)33-18-16-32(17-19-33)20-23-6-4-3-5-7-23/h3-15,22H,16-21H2,1-2H3,(H2,30,31,34,36). The molecule has 0 spiro atoms. The maximum atomic E-state index is 12.5. The Hall–Kier alpha value is -3.42. The lowest BCUT2D eigenvalue weighted by molar-refractivity contribution is 0.0977. The van der Waals surface area contributed by atoms with Crippen molar-refractivity contribution in [3.05, 3.63) is 90.0 Å². The predicted molar refractivity (Wildman–Crippen MR) is 151 cm³/mol. The van der Waals surface area contributed by atoms with Gasteiger partial charge < -0.3 is 15.0 Å². The van der Waals surface area contributed by atoms with Crippen LogP contribution in [0.15, 0.2) is 78.9 Å². The molecule has 1 fully saturated rings. The first-order valence-corrected chi connectivity index (χ1v) is 12.8. The smallest absolute Gasteiger partial charge is 0.257 e. The monoisotopic (exact) mass is 502 g/mol. The summed E-state index contributed by atoms with van der Waals surface area (Å²) in [5.41, 5.74) is 3.91. The van der Waals surface area contributed by atoms with Crippen LogP contribution in [0.3, 0.4) is 0 Å². The number of hydrogen-bond acceptors (Lipinski definition) is 5. The minimum atomic E-state index is -0.257. The Morgan fingerprint density at radius 2 is 1.58 bits per heavy atom. The van der Waals surface area contributed by atoms with E-state index in [4.69, 9.17) is 17.0 Å². The van der Waals surface area contributed by atoms with E-state index in [0.29, 0.717) is 18.1 Å². The van der Waals surface area contributed by atoms with Gasteiger partial charge in [0.1, 0.15) is 5.75 Å². The molecule has 0 atom stereocenters. The Labute approximate surface area is 219 Å². The van der Waals surface area contributed by atoms with Crippen molar-refractivity contribution in [1.29, 1.82) is 0 Å². The van der Waals surface area contributed by atoms with Gasteiger partial charge in [0.2, 0.25) is 0 Å². The fourth-order valence-electron chi connectivity index (χ4n) is 4.06. The summed E-state index contributed by atoms with van der Waals surface area (Å²) in [5.74, 6) is 0.937. The topological polar surface area (TPSA) is 56.8 Å². The number of benzene rings is 3. The molecule has 1 heterocycles. The van der Waals surface area contributed by atoms with Gasteiger partial charge in [-0.1, -0.05) is 44.2 Å². The normalized spacial score (nSPS) is 13.9. The van der Waals surface area contributed by atoms with Crippen molar-refractivity contribution in [2.24, 2.45) is 5.92 Å². The Morgan fingerprint density at radius 3 is 2.22 bits per heavy atom. The molecule has 2 N–H and O–H groups in total. The lowest BCUT2D eigenvalue weighted by Gasteiger charge is -2.36. The molecular formula is C29H34N4O2S. The molecule has 1 aliphatic rings. The summed E-state index contributed by atoms with van der Waals surface area (Å²) in [7, 11) is 0. The second-order valence-electron chi connectivity index (χ2n) is 9.43. The molecule has 1 aliphatic heterocycles. The van der Waals surface area contributed by atoms with Crippen LogP contribution in [-0.2, 0) is 6.54 Å². The van der Waals surface area contributed by atoms with Crippen LogP contribution in [0.2, 0.25) is 0 Å². The van der Waals surface area contributed by atoms with Gasteiger partial charge in [0.05, 0.1) is 6.61 Å². The number of ether oxygens (including phenoxy) is 1. The largest absolute Gasteiger partial charge is 0.493 e. The van der Waals surface area contributed by atoms with Crippen molar-refractivity contribution in [2.45, 2.75) is 20.4 Å². The molecule has 6 nitrogen and oxygen atoms in total. The molecular weight excluding hydrogens is 468 g/mol. The predicted octanol–water partition coefficient (Wildman–Crippen LogP) is 5.17. The molecule has 1 amide bonds. The zero-order chi connectivity index (χ0) is 25.3. The third kappa shape index (κ3) is 7.54. The number of hydrogen-bond donors (Lipinski definition) is 2. The van der Waals surface area contributed by atoms with Crippen molar-refractivity contribution in [3.63, 3.8) is 0 Å². The lowest BCUT2D eigenvalue weighted by Crippen LogP contribution is -2.45. The minimum Gasteiger partial charge on any atom is -0.493 e. The first kappa shape index (κ1) is 25.7. The van der Waals surface area contributed by atoms with Crippen LogP contribution in [0, 0.1) is 5.92 Å². The van der Waals surface area contributed by atoms with Crippen molar-refractivity contribution in [2.75, 3.05) is 43.0 Å². The lowest BCUT2D eigenvalue weighted by atomic mass is 10.2. The van der Waals surface area contributed by atoms with Gasteiger partial charge in [-0.3, -0.25) is 15.0 Å². The van der Waals surface area contributed by atoms with Crippen molar-refractivity contribution in [1.82, 2.24) is 10.2 Å². The van der Waals surface area contributed by atoms with Gasteiger partial charge in [0.25, 0.3) is 5.91 Å². The Kier molecular flexibility index (Phi) is 8.92. The zero-order valence-corrected chi connectivity index (χ0v) is 21.8. The second kappa shape index (κ2) is 12.5. The molecule has 7 heteroatoms. The number of amides is 1. The van der Waals surface area contributed by atoms with E-state index in [9.17, 15) is 4.79 Å². The van der Waals surface area contributed by atoms with Crippen molar-refractivity contribution in [3.8, 4) is 5.75 Å². The summed E-state index contributed by atoms with van der Waals surface area (Å²) in [6.45, 7) is 9.89. The summed E-state index contributed by atoms with van der Waals surface area (Å²) in [6.07, 6.45) is 0. The van der Waals surface area contributed by atoms with Crippen LogP contribution in [0.4, 0.5) is 11.4 Å². The van der Waals surface area contributed by atoms with Crippen LogP contribution < -0.4 is 20.3 Å². The molecule has 1 saturated heterocycles. The minimum absolute atomic E-state index is 0.257. The van der Waals surface area contributed by atoms with E-state index in [-0.39, 0.29) is 11.0 Å². The highest BCUT2D eigenvalue weighted by molar-refractivity contribution is 7.80. The highest BCUT2D eigenvalue weighted by atomic mass is 32.1. The first-order valence-electron chi connectivity index (χ1n) is 12.4. The Balaban J connectivity index is 1.22. The Bertz CT molecular complexity index is 1130. The summed E-state index contributed by atoms with van der Waals surface area (Å²) in [4.78, 5) is 17.4. The van der Waals surface area contributed by atoms with Crippen molar-refractivity contribution < 1.29 is 9.53 Å². The maximum absolute atomic E-state index is 12.5. The van der Waals surface area contributed by atoms with Gasteiger partial charge in [-0.15, -0.1) is 0 Å². The van der Waals surface area contributed by atoms with Gasteiger partial charge in [-0.05, 0) is 72.2 Å². The van der Waals surface area contributed by atoms with E-state index in [0.717, 1.165) is 44.2 Å². The number of carbonyl (C=O) groups is 1. The number of piperazine rings is 1. The second-order valence-corrected chi connectivity index (χ2v) is 9.84. The molecule has 0 radical (unpaired) electrons. The van der Waals surface area contributed by atoms with E-state index in [2.05, 4.69) is 76.7 Å². The van der Waals surface area contributed by atoms with Gasteiger partial charge in [-0.2, -0.15) is 0 Å². The van der Waals surface area contributed by atoms with Gasteiger partial charge in [0.15, 0.2) is 5.11 Å². The molecule has 36 heavy (non-hydrogen) atoms. The van der Waals surface area contributed by atoms with Crippen molar-refractivity contribution >= 4 is 34.6 Å². The number of nitrogens with one attached hydrogen (secondary N) is 2. The number of anilines is 2. The highest BCUT2D eigenvalue weighted by Crippen LogP contribution is 2.20. The highest BCUT2D eigenvalue weighted by Gasteiger charge is 2.17. The van der Waals surface area contributed by atoms with Crippen LogP contribution in [0.5, 0.6) is 5.75 Å². The van der Waals surface area contributed by atoms with Gasteiger partial charge in [0, 0.05) is 49.7 Å². The fourth-order valence-corrected chi connectivity index (χ4v) is 4.27. The molecule has 188 valence electrons. The molecule has 3 aromatic rings. The van der Waals surface area contributed by atoms with E-state index in [1.807, 2.05) is 12.1 Å². The van der Waals surface area contributed by atoms with Crippen LogP contribution in [-0.4, -0.2) is 48.7 Å². The summed E-state index contributed by atoms with van der Waals surface area (Å²) in [5, 5.41) is 6.11. The average Bonchev–Trinajstić information content (AvgIpc) is 2.89. The van der Waals surface area contributed by atoms with Crippen LogP contribution in [0.25, 0.3) is 0 Å². The summed E-state index contributed by atoms with van der Waals surface area (Å²) < 4.78 is 5.67. The molecule has 0 unspecified atom stereocenters. The molecule has 0 bridgehead atoms. The first-order chi connectivity index (χ1) is 17.5. The number of thiocarbonyl (C=S) groups is 1. The zero-order valence-electron chi connectivity index (χ0n) is 20.9. The quantitative estimate of drug-likeness (QED) is 0.415. The fraction of sp³-hybridized carbons (Fsp3) is 0.310. The molecule has 0 saturated carbocycles. The molecule has 4 rings (SSSR count). The SMILES string of the molecule is CC(C)COc1ccc(C(=O)NC(=S)Nc2ccc(N3CCN(Cc4ccccc4)CC3)cc2)cc1. The summed E-state index contributed by atoms with van der Waals surface area (Å²) in [6, 6.07) is 25.9. The number of nitrogens with zero attached hydrogens (tertiary/aromatic N) is 2. The number of carbonyl (C=O) groups excluding carboxylic acids is 1. The third-order valence-corrected chi connectivity index (χ3v) is 6.24. The van der Waals surface area contributed by atoms with E-state index < -0.39 is 0 Å². The number of rotatable bonds is 8. The third-order valence-electron chi connectivity index (χ3n) is 6.04. The average molecular weight is 503 g/mol. The summed E-state index contributed by atoms with van der Waals surface area (Å²) >= 11 is 5.35. The van der Waals surface area contributed by atoms with E-state index in [1.54, 1.807) is 24.3 Å². The van der Waals surface area contributed by atoms with Crippen LogP contribution >= 0.6 is 12.2 Å². The molecule has 0 aliphatic carbocycles. The van der Waals surface area contributed by atoms with E-state index >= 15 is 0 Å². The van der Waals surface area contributed by atoms with Gasteiger partial charge >= 0.3 is 0 Å². The molecule has 0 aromatic heterocycles. The maximum Gasteiger partial charge on any atom is 0.257 e. The van der Waals surface area contributed by atoms with Gasteiger partial charge in [-0.25, -0.2) is 0 Å². The van der Waals surface area contributed by atoms with Crippen LogP contribution in [0.1, 0.15) is 29.8 Å². The Morgan fingerprint density at radius 1 is 0.917 bits per heavy atom.